The monoisotopic (exact) mass is 357 g/mol. The van der Waals surface area contributed by atoms with Crippen molar-refractivity contribution in [2.24, 2.45) is 0 Å². The van der Waals surface area contributed by atoms with Gasteiger partial charge in [-0.2, -0.15) is 13.2 Å². The fraction of sp³-hybridized carbons (Fsp3) is 0.588. The van der Waals surface area contributed by atoms with Crippen molar-refractivity contribution in [3.05, 3.63) is 29.8 Å². The first-order chi connectivity index (χ1) is 11.9. The summed E-state index contributed by atoms with van der Waals surface area (Å²) >= 11 is 0. The Hall–Kier alpha value is -1.96. The van der Waals surface area contributed by atoms with E-state index in [1.807, 2.05) is 4.90 Å². The number of carbonyl (C=O) groups is 1. The van der Waals surface area contributed by atoms with E-state index >= 15 is 0 Å². The van der Waals surface area contributed by atoms with E-state index < -0.39 is 11.7 Å². The van der Waals surface area contributed by atoms with Gasteiger partial charge >= 0.3 is 12.2 Å². The van der Waals surface area contributed by atoms with Crippen LogP contribution in [0.15, 0.2) is 24.3 Å². The van der Waals surface area contributed by atoms with E-state index in [4.69, 9.17) is 4.74 Å². The highest BCUT2D eigenvalue weighted by Crippen LogP contribution is 2.31. The van der Waals surface area contributed by atoms with Crippen LogP contribution in [0.5, 0.6) is 0 Å². The fourth-order valence-corrected chi connectivity index (χ4v) is 3.19. The summed E-state index contributed by atoms with van der Waals surface area (Å²) in [5.74, 6) is 0. The fourth-order valence-electron chi connectivity index (χ4n) is 3.19. The zero-order valence-electron chi connectivity index (χ0n) is 13.9. The van der Waals surface area contributed by atoms with Crippen LogP contribution in [-0.2, 0) is 10.9 Å². The molecule has 5 nitrogen and oxygen atoms in total. The van der Waals surface area contributed by atoms with Crippen molar-refractivity contribution in [3.8, 4) is 0 Å². The molecular formula is C17H22F3N3O2. The van der Waals surface area contributed by atoms with E-state index in [1.54, 1.807) is 11.0 Å². The molecule has 3 rings (SSSR count). The van der Waals surface area contributed by atoms with Gasteiger partial charge in [-0.15, -0.1) is 0 Å². The van der Waals surface area contributed by atoms with Gasteiger partial charge in [-0.05, 0) is 31.0 Å². The maximum atomic E-state index is 12.8. The summed E-state index contributed by atoms with van der Waals surface area (Å²) in [4.78, 5) is 16.0. The number of nitrogens with one attached hydrogen (secondary N) is 1. The smallest absolute Gasteiger partial charge is 0.382 e. The van der Waals surface area contributed by atoms with E-state index in [9.17, 15) is 18.0 Å². The number of likely N-dealkylation sites (tertiary alicyclic amines) is 1. The van der Waals surface area contributed by atoms with Gasteiger partial charge in [-0.25, -0.2) is 4.79 Å². The van der Waals surface area contributed by atoms with Gasteiger partial charge in [0.2, 0.25) is 0 Å². The molecule has 1 N–H and O–H groups in total. The molecule has 1 aromatic rings. The van der Waals surface area contributed by atoms with Crippen molar-refractivity contribution >= 4 is 11.7 Å². The molecule has 0 aliphatic carbocycles. The summed E-state index contributed by atoms with van der Waals surface area (Å²) in [6.45, 7) is 3.57. The van der Waals surface area contributed by atoms with Gasteiger partial charge in [0.1, 0.15) is 0 Å². The molecule has 2 aliphatic heterocycles. The Bertz CT molecular complexity index is 595. The van der Waals surface area contributed by atoms with Crippen LogP contribution in [0.25, 0.3) is 0 Å². The largest absolute Gasteiger partial charge is 0.416 e. The molecule has 0 spiro atoms. The molecule has 2 amide bonds. The van der Waals surface area contributed by atoms with Gasteiger partial charge in [0, 0.05) is 37.9 Å². The number of anilines is 1. The number of piperidine rings is 1. The predicted molar refractivity (Wildman–Crippen MR) is 87.4 cm³/mol. The first-order valence-corrected chi connectivity index (χ1v) is 8.49. The number of alkyl halides is 3. The third-order valence-corrected chi connectivity index (χ3v) is 4.61. The van der Waals surface area contributed by atoms with Crippen LogP contribution in [0.1, 0.15) is 18.4 Å². The summed E-state index contributed by atoms with van der Waals surface area (Å²) < 4.78 is 43.6. The minimum atomic E-state index is -4.34. The van der Waals surface area contributed by atoms with Crippen molar-refractivity contribution < 1.29 is 22.7 Å². The average molecular weight is 357 g/mol. The van der Waals surface area contributed by atoms with Crippen molar-refractivity contribution in [2.45, 2.75) is 25.1 Å². The number of benzene rings is 1. The van der Waals surface area contributed by atoms with Crippen molar-refractivity contribution in [1.29, 1.82) is 0 Å². The van der Waals surface area contributed by atoms with Crippen LogP contribution in [0.2, 0.25) is 0 Å². The Balaban J connectivity index is 1.52. The first kappa shape index (κ1) is 17.8. The number of rotatable bonds is 2. The lowest BCUT2D eigenvalue weighted by Gasteiger charge is -2.37. The second kappa shape index (κ2) is 7.51. The number of ether oxygens (including phenoxy) is 1. The van der Waals surface area contributed by atoms with Crippen molar-refractivity contribution in [1.82, 2.24) is 9.80 Å². The van der Waals surface area contributed by atoms with Gasteiger partial charge in [0.25, 0.3) is 0 Å². The lowest BCUT2D eigenvalue weighted by Crippen LogP contribution is -2.51. The van der Waals surface area contributed by atoms with Gasteiger partial charge in [0.05, 0.1) is 18.8 Å². The molecular weight excluding hydrogens is 335 g/mol. The molecule has 0 radical (unpaired) electrons. The molecule has 138 valence electrons. The second-order valence-corrected chi connectivity index (χ2v) is 6.37. The highest BCUT2D eigenvalue weighted by atomic mass is 19.4. The van der Waals surface area contributed by atoms with Crippen molar-refractivity contribution in [3.63, 3.8) is 0 Å². The number of urea groups is 1. The molecule has 0 unspecified atom stereocenters. The van der Waals surface area contributed by atoms with Gasteiger partial charge < -0.3 is 19.9 Å². The van der Waals surface area contributed by atoms with E-state index in [-0.39, 0.29) is 12.1 Å². The number of carbonyl (C=O) groups excluding carboxylic acids is 1. The lowest BCUT2D eigenvalue weighted by molar-refractivity contribution is -0.137. The van der Waals surface area contributed by atoms with Crippen LogP contribution in [-0.4, -0.2) is 61.3 Å². The Morgan fingerprint density at radius 3 is 2.36 bits per heavy atom. The quantitative estimate of drug-likeness (QED) is 0.885. The van der Waals surface area contributed by atoms with Gasteiger partial charge in [-0.3, -0.25) is 0 Å². The zero-order valence-corrected chi connectivity index (χ0v) is 13.9. The van der Waals surface area contributed by atoms with Crippen LogP contribution in [0.4, 0.5) is 23.7 Å². The highest BCUT2D eigenvalue weighted by molar-refractivity contribution is 5.74. The highest BCUT2D eigenvalue weighted by Gasteiger charge is 2.31. The van der Waals surface area contributed by atoms with E-state index in [0.29, 0.717) is 57.9 Å². The normalized spacial score (nSPS) is 19.8. The number of halogens is 3. The molecule has 2 fully saturated rings. The number of hydrogen-bond acceptors (Lipinski definition) is 3. The number of morpholine rings is 1. The molecule has 0 atom stereocenters. The average Bonchev–Trinajstić information content (AvgIpc) is 2.62. The standard InChI is InChI=1S/C17H22F3N3O2/c18-17(19,20)13-2-1-3-15(12-13)21-14-4-6-22(7-5-14)16(24)23-8-10-25-11-9-23/h1-3,12,14,21H,4-11H2. The number of hydrogen-bond donors (Lipinski definition) is 1. The summed E-state index contributed by atoms with van der Waals surface area (Å²) in [6.07, 6.45) is -2.91. The number of amides is 2. The Morgan fingerprint density at radius 2 is 1.72 bits per heavy atom. The van der Waals surface area contributed by atoms with Crippen LogP contribution in [0.3, 0.4) is 0 Å². The predicted octanol–water partition coefficient (Wildman–Crippen LogP) is 3.03. The molecule has 0 bridgehead atoms. The van der Waals surface area contributed by atoms with Crippen LogP contribution >= 0.6 is 0 Å². The lowest BCUT2D eigenvalue weighted by atomic mass is 10.0. The molecule has 0 saturated carbocycles. The molecule has 2 saturated heterocycles. The van der Waals surface area contributed by atoms with E-state index in [1.165, 1.54) is 6.07 Å². The minimum absolute atomic E-state index is 0.0285. The first-order valence-electron chi connectivity index (χ1n) is 8.49. The molecule has 25 heavy (non-hydrogen) atoms. The number of nitrogens with zero attached hydrogens (tertiary/aromatic N) is 2. The Kier molecular flexibility index (Phi) is 5.36. The van der Waals surface area contributed by atoms with E-state index in [0.717, 1.165) is 12.1 Å². The van der Waals surface area contributed by atoms with E-state index in [2.05, 4.69) is 5.32 Å². The van der Waals surface area contributed by atoms with Gasteiger partial charge in [0.15, 0.2) is 0 Å². The van der Waals surface area contributed by atoms with Crippen LogP contribution < -0.4 is 5.32 Å². The topological polar surface area (TPSA) is 44.8 Å². The maximum Gasteiger partial charge on any atom is 0.416 e. The van der Waals surface area contributed by atoms with Gasteiger partial charge in [-0.1, -0.05) is 6.07 Å². The SMILES string of the molecule is O=C(N1CCOCC1)N1CCC(Nc2cccc(C(F)(F)F)c2)CC1. The van der Waals surface area contributed by atoms with Crippen LogP contribution in [0, 0.1) is 0 Å². The van der Waals surface area contributed by atoms with Crippen molar-refractivity contribution in [2.75, 3.05) is 44.7 Å². The zero-order chi connectivity index (χ0) is 17.9. The molecule has 2 aliphatic rings. The molecule has 2 heterocycles. The molecule has 0 aromatic heterocycles. The minimum Gasteiger partial charge on any atom is -0.382 e. The third-order valence-electron chi connectivity index (χ3n) is 4.61. The molecule has 8 heteroatoms. The molecule has 1 aromatic carbocycles. The second-order valence-electron chi connectivity index (χ2n) is 6.37. The summed E-state index contributed by atoms with van der Waals surface area (Å²) in [6, 6.07) is 5.33. The third kappa shape index (κ3) is 4.56. The Labute approximate surface area is 144 Å². The maximum absolute atomic E-state index is 12.8. The Morgan fingerprint density at radius 1 is 1.08 bits per heavy atom. The summed E-state index contributed by atoms with van der Waals surface area (Å²) in [7, 11) is 0. The summed E-state index contributed by atoms with van der Waals surface area (Å²) in [5.41, 5.74) is -0.190. The summed E-state index contributed by atoms with van der Waals surface area (Å²) in [5, 5.41) is 3.16.